The Hall–Kier alpha value is -0.450. The van der Waals surface area contributed by atoms with Crippen molar-refractivity contribution in [2.45, 2.75) is 25.7 Å². The van der Waals surface area contributed by atoms with Crippen molar-refractivity contribution in [3.05, 3.63) is 16.1 Å². The molecule has 0 spiro atoms. The zero-order chi connectivity index (χ0) is 11.5. The quantitative estimate of drug-likeness (QED) is 0.828. The van der Waals surface area contributed by atoms with Gasteiger partial charge in [-0.15, -0.1) is 11.3 Å². The third-order valence-electron chi connectivity index (χ3n) is 2.53. The molecule has 0 fully saturated rings. The van der Waals surface area contributed by atoms with Gasteiger partial charge < -0.3 is 10.6 Å². The number of hydrogen-bond acceptors (Lipinski definition) is 4. The molecule has 0 aliphatic rings. The molecule has 86 valence electrons. The monoisotopic (exact) mass is 227 g/mol. The van der Waals surface area contributed by atoms with Gasteiger partial charge in [-0.1, -0.05) is 13.8 Å². The van der Waals surface area contributed by atoms with E-state index in [0.717, 1.165) is 18.7 Å². The van der Waals surface area contributed by atoms with E-state index in [2.05, 4.69) is 43.2 Å². The van der Waals surface area contributed by atoms with Gasteiger partial charge in [0.1, 0.15) is 0 Å². The van der Waals surface area contributed by atoms with Crippen LogP contribution in [0.4, 0.5) is 0 Å². The Morgan fingerprint density at radius 3 is 2.67 bits per heavy atom. The molecule has 0 saturated carbocycles. The van der Waals surface area contributed by atoms with E-state index < -0.39 is 0 Å². The first kappa shape index (κ1) is 12.6. The Bertz CT molecular complexity index is 305. The van der Waals surface area contributed by atoms with Crippen molar-refractivity contribution in [2.75, 3.05) is 27.2 Å². The summed E-state index contributed by atoms with van der Waals surface area (Å²) in [6.45, 7) is 5.97. The highest BCUT2D eigenvalue weighted by molar-refractivity contribution is 7.09. The number of rotatable bonds is 5. The van der Waals surface area contributed by atoms with E-state index >= 15 is 0 Å². The zero-order valence-electron chi connectivity index (χ0n) is 10.1. The Morgan fingerprint density at radius 2 is 2.13 bits per heavy atom. The summed E-state index contributed by atoms with van der Waals surface area (Å²) < 4.78 is 0. The fraction of sp³-hybridized carbons (Fsp3) is 0.727. The maximum atomic E-state index is 5.73. The molecule has 0 aliphatic carbocycles. The average molecular weight is 227 g/mol. The van der Waals surface area contributed by atoms with E-state index in [1.54, 1.807) is 11.3 Å². The van der Waals surface area contributed by atoms with Crippen molar-refractivity contribution in [3.8, 4) is 0 Å². The lowest BCUT2D eigenvalue weighted by atomic mass is 9.90. The minimum Gasteiger partial charge on any atom is -0.330 e. The second kappa shape index (κ2) is 5.05. The lowest BCUT2D eigenvalue weighted by molar-refractivity contribution is 0.412. The topological polar surface area (TPSA) is 42.2 Å². The maximum absolute atomic E-state index is 5.73. The van der Waals surface area contributed by atoms with Crippen molar-refractivity contribution in [1.82, 2.24) is 9.88 Å². The second-order valence-corrected chi connectivity index (χ2v) is 5.71. The molecule has 2 N–H and O–H groups in total. The molecule has 1 aromatic rings. The van der Waals surface area contributed by atoms with Crippen molar-refractivity contribution in [1.29, 1.82) is 0 Å². The molecule has 1 rings (SSSR count). The van der Waals surface area contributed by atoms with Crippen molar-refractivity contribution >= 4 is 11.3 Å². The maximum Gasteiger partial charge on any atom is 0.0941 e. The van der Waals surface area contributed by atoms with Crippen LogP contribution in [0.25, 0.3) is 0 Å². The van der Waals surface area contributed by atoms with Gasteiger partial charge in [-0.05, 0) is 14.1 Å². The van der Waals surface area contributed by atoms with Crippen LogP contribution in [0.3, 0.4) is 0 Å². The predicted molar refractivity (Wildman–Crippen MR) is 66.5 cm³/mol. The number of hydrogen-bond donors (Lipinski definition) is 1. The first-order chi connectivity index (χ1) is 6.95. The Morgan fingerprint density at radius 1 is 1.47 bits per heavy atom. The molecule has 0 bridgehead atoms. The van der Waals surface area contributed by atoms with E-state index in [4.69, 9.17) is 5.73 Å². The van der Waals surface area contributed by atoms with Gasteiger partial charge in [0.2, 0.25) is 0 Å². The highest BCUT2D eigenvalue weighted by Gasteiger charge is 2.21. The summed E-state index contributed by atoms with van der Waals surface area (Å²) in [5.41, 5.74) is 6.86. The molecule has 4 heteroatoms. The van der Waals surface area contributed by atoms with Crippen molar-refractivity contribution < 1.29 is 0 Å². The molecule has 0 atom stereocenters. The molecule has 0 aliphatic heterocycles. The van der Waals surface area contributed by atoms with Gasteiger partial charge in [-0.25, -0.2) is 4.98 Å². The largest absolute Gasteiger partial charge is 0.330 e. The standard InChI is InChI=1S/C11H21N3S/c1-11(2,8-12)9-7-15-10(13-9)5-6-14(3)4/h7H,5-6,8,12H2,1-4H3. The van der Waals surface area contributed by atoms with Crippen LogP contribution in [0, 0.1) is 0 Å². The van der Waals surface area contributed by atoms with E-state index in [9.17, 15) is 0 Å². The van der Waals surface area contributed by atoms with Crippen molar-refractivity contribution in [3.63, 3.8) is 0 Å². The molecule has 0 radical (unpaired) electrons. The van der Waals surface area contributed by atoms with Crippen LogP contribution in [-0.2, 0) is 11.8 Å². The Kier molecular flexibility index (Phi) is 4.25. The normalized spacial score (nSPS) is 12.4. The summed E-state index contributed by atoms with van der Waals surface area (Å²) in [7, 11) is 4.16. The van der Waals surface area contributed by atoms with Crippen LogP contribution in [0.5, 0.6) is 0 Å². The summed E-state index contributed by atoms with van der Waals surface area (Å²) in [4.78, 5) is 6.81. The van der Waals surface area contributed by atoms with Gasteiger partial charge in [0.15, 0.2) is 0 Å². The number of thiazole rings is 1. The van der Waals surface area contributed by atoms with Crippen LogP contribution in [0.15, 0.2) is 5.38 Å². The molecule has 0 unspecified atom stereocenters. The summed E-state index contributed by atoms with van der Waals surface area (Å²) in [6, 6.07) is 0. The van der Waals surface area contributed by atoms with Gasteiger partial charge in [0.25, 0.3) is 0 Å². The highest BCUT2D eigenvalue weighted by Crippen LogP contribution is 2.23. The minimum absolute atomic E-state index is 0.00681. The molecule has 1 heterocycles. The summed E-state index contributed by atoms with van der Waals surface area (Å²) in [6.07, 6.45) is 1.03. The van der Waals surface area contributed by atoms with Crippen LogP contribution in [0.1, 0.15) is 24.5 Å². The Labute approximate surface area is 96.3 Å². The molecular formula is C11H21N3S. The fourth-order valence-corrected chi connectivity index (χ4v) is 2.14. The SMILES string of the molecule is CN(C)CCc1nc(C(C)(C)CN)cs1. The van der Waals surface area contributed by atoms with E-state index in [0.29, 0.717) is 6.54 Å². The lowest BCUT2D eigenvalue weighted by Crippen LogP contribution is -2.28. The first-order valence-corrected chi connectivity index (χ1v) is 6.13. The van der Waals surface area contributed by atoms with Gasteiger partial charge in [0, 0.05) is 30.3 Å². The van der Waals surface area contributed by atoms with Crippen LogP contribution in [0.2, 0.25) is 0 Å². The summed E-state index contributed by atoms with van der Waals surface area (Å²) in [5, 5.41) is 3.35. The number of nitrogens with two attached hydrogens (primary N) is 1. The number of aromatic nitrogens is 1. The summed E-state index contributed by atoms with van der Waals surface area (Å²) in [5.74, 6) is 0. The molecule has 15 heavy (non-hydrogen) atoms. The molecule has 0 amide bonds. The number of likely N-dealkylation sites (N-methyl/N-ethyl adjacent to an activating group) is 1. The second-order valence-electron chi connectivity index (χ2n) is 4.77. The van der Waals surface area contributed by atoms with Crippen LogP contribution >= 0.6 is 11.3 Å². The highest BCUT2D eigenvalue weighted by atomic mass is 32.1. The molecule has 3 nitrogen and oxygen atoms in total. The molecule has 0 saturated heterocycles. The fourth-order valence-electron chi connectivity index (χ4n) is 1.16. The van der Waals surface area contributed by atoms with Gasteiger partial charge in [-0.3, -0.25) is 0 Å². The van der Waals surface area contributed by atoms with Crippen molar-refractivity contribution in [2.24, 2.45) is 5.73 Å². The van der Waals surface area contributed by atoms with E-state index in [1.165, 1.54) is 5.01 Å². The van der Waals surface area contributed by atoms with Gasteiger partial charge in [-0.2, -0.15) is 0 Å². The van der Waals surface area contributed by atoms with Crippen LogP contribution in [-0.4, -0.2) is 37.1 Å². The molecule has 1 aromatic heterocycles. The lowest BCUT2D eigenvalue weighted by Gasteiger charge is -2.19. The van der Waals surface area contributed by atoms with E-state index in [1.807, 2.05) is 0 Å². The third kappa shape index (κ3) is 3.55. The van der Waals surface area contributed by atoms with Gasteiger partial charge >= 0.3 is 0 Å². The predicted octanol–water partition coefficient (Wildman–Crippen LogP) is 1.48. The summed E-state index contributed by atoms with van der Waals surface area (Å²) >= 11 is 1.74. The Balaban J connectivity index is 2.64. The smallest absolute Gasteiger partial charge is 0.0941 e. The zero-order valence-corrected chi connectivity index (χ0v) is 10.9. The molecule has 0 aromatic carbocycles. The third-order valence-corrected chi connectivity index (χ3v) is 3.44. The van der Waals surface area contributed by atoms with Gasteiger partial charge in [0.05, 0.1) is 10.7 Å². The van der Waals surface area contributed by atoms with E-state index in [-0.39, 0.29) is 5.41 Å². The molecular weight excluding hydrogens is 206 g/mol. The minimum atomic E-state index is 0.00681. The van der Waals surface area contributed by atoms with Crippen LogP contribution < -0.4 is 5.73 Å². The first-order valence-electron chi connectivity index (χ1n) is 5.25. The average Bonchev–Trinajstić information content (AvgIpc) is 2.63. The number of nitrogens with zero attached hydrogens (tertiary/aromatic N) is 2.